The molecule has 8 nitrogen and oxygen atoms in total. The molecule has 8 heteroatoms. The molecule has 1 fully saturated rings. The van der Waals surface area contributed by atoms with E-state index in [1.54, 1.807) is 0 Å². The maximum atomic E-state index is 11.3. The van der Waals surface area contributed by atoms with Gasteiger partial charge in [-0.25, -0.2) is 0 Å². The highest BCUT2D eigenvalue weighted by Crippen LogP contribution is 2.32. The maximum Gasteiger partial charge on any atom is 0.223 e. The minimum Gasteiger partial charge on any atom is -0.391 e. The van der Waals surface area contributed by atoms with Gasteiger partial charge in [-0.05, 0) is 5.56 Å². The molecule has 0 aromatic heterocycles. The van der Waals surface area contributed by atoms with Crippen molar-refractivity contribution in [1.29, 1.82) is 0 Å². The molecule has 1 heterocycles. The summed E-state index contributed by atoms with van der Waals surface area (Å²) < 4.78 is 16.3. The van der Waals surface area contributed by atoms with Crippen LogP contribution in [0.2, 0.25) is 0 Å². The lowest BCUT2D eigenvalue weighted by Gasteiger charge is -2.48. The predicted molar refractivity (Wildman–Crippen MR) is 82.5 cm³/mol. The van der Waals surface area contributed by atoms with Gasteiger partial charge < -0.3 is 34.8 Å². The number of aliphatic hydroxyl groups is 3. The Labute approximate surface area is 140 Å². The Hall–Kier alpha value is -1.55. The highest BCUT2D eigenvalue weighted by atomic mass is 16.8. The van der Waals surface area contributed by atoms with Crippen molar-refractivity contribution in [2.75, 3.05) is 13.7 Å². The average Bonchev–Trinajstić information content (AvgIpc) is 2.59. The minimum atomic E-state index is -1.87. The van der Waals surface area contributed by atoms with E-state index in [-0.39, 0.29) is 6.61 Å². The molecule has 1 saturated heterocycles. The number of hydrogen-bond donors (Lipinski definition) is 4. The second-order valence-electron chi connectivity index (χ2n) is 5.63. The van der Waals surface area contributed by atoms with E-state index in [4.69, 9.17) is 14.2 Å². The molecule has 1 aliphatic heterocycles. The molecule has 2 unspecified atom stereocenters. The van der Waals surface area contributed by atoms with Gasteiger partial charge in [0.15, 0.2) is 6.29 Å². The minimum absolute atomic E-state index is 0.0480. The Bertz CT molecular complexity index is 538. The fraction of sp³-hybridized carbons (Fsp3) is 0.562. The first-order chi connectivity index (χ1) is 11.4. The molecule has 2 rings (SSSR count). The Morgan fingerprint density at radius 1 is 1.33 bits per heavy atom. The lowest BCUT2D eigenvalue weighted by atomic mass is 9.94. The van der Waals surface area contributed by atoms with Crippen LogP contribution in [0.3, 0.4) is 0 Å². The number of ether oxygens (including phenoxy) is 3. The molecule has 0 radical (unpaired) electrons. The highest BCUT2D eigenvalue weighted by Gasteiger charge is 2.55. The van der Waals surface area contributed by atoms with Gasteiger partial charge in [-0.3, -0.25) is 4.79 Å². The van der Waals surface area contributed by atoms with E-state index in [1.165, 1.54) is 14.0 Å². The number of rotatable bonds is 6. The van der Waals surface area contributed by atoms with Crippen molar-refractivity contribution in [3.05, 3.63) is 35.9 Å². The second kappa shape index (κ2) is 8.02. The maximum absolute atomic E-state index is 11.3. The summed E-state index contributed by atoms with van der Waals surface area (Å²) in [6.07, 6.45) is -4.14. The summed E-state index contributed by atoms with van der Waals surface area (Å²) in [4.78, 5) is 11.3. The third-order valence-electron chi connectivity index (χ3n) is 3.90. The van der Waals surface area contributed by atoms with Crippen LogP contribution in [0.25, 0.3) is 0 Å². The second-order valence-corrected chi connectivity index (χ2v) is 5.63. The SMILES string of the molecule is CO[C@H]1OC(CO)(OCc2ccccc2)[C@H](O)[C@@H](O)C1NC(C)=O. The summed E-state index contributed by atoms with van der Waals surface area (Å²) in [5, 5.41) is 32.9. The highest BCUT2D eigenvalue weighted by molar-refractivity contribution is 5.73. The average molecular weight is 341 g/mol. The normalized spacial score (nSPS) is 33.2. The molecular formula is C16H23NO7. The van der Waals surface area contributed by atoms with Crippen LogP contribution in [-0.2, 0) is 25.6 Å². The van der Waals surface area contributed by atoms with Gasteiger partial charge >= 0.3 is 0 Å². The summed E-state index contributed by atoms with van der Waals surface area (Å²) in [6, 6.07) is 8.11. The molecule has 4 N–H and O–H groups in total. The van der Waals surface area contributed by atoms with Crippen LogP contribution in [0.4, 0.5) is 0 Å². The van der Waals surface area contributed by atoms with Crippen LogP contribution in [-0.4, -0.2) is 65.3 Å². The zero-order valence-corrected chi connectivity index (χ0v) is 13.6. The molecule has 0 spiro atoms. The van der Waals surface area contributed by atoms with Gasteiger partial charge in [0.25, 0.3) is 0 Å². The zero-order chi connectivity index (χ0) is 17.7. The Morgan fingerprint density at radius 2 is 2.00 bits per heavy atom. The van der Waals surface area contributed by atoms with E-state index in [9.17, 15) is 20.1 Å². The van der Waals surface area contributed by atoms with Gasteiger partial charge in [0, 0.05) is 14.0 Å². The number of methoxy groups -OCH3 is 1. The van der Waals surface area contributed by atoms with Gasteiger partial charge in [-0.15, -0.1) is 0 Å². The van der Waals surface area contributed by atoms with Crippen LogP contribution < -0.4 is 5.32 Å². The van der Waals surface area contributed by atoms with Crippen LogP contribution in [0.5, 0.6) is 0 Å². The van der Waals surface area contributed by atoms with Gasteiger partial charge in [0.05, 0.1) is 6.61 Å². The van der Waals surface area contributed by atoms with Crippen molar-refractivity contribution in [2.45, 2.75) is 43.9 Å². The van der Waals surface area contributed by atoms with Gasteiger partial charge in [0.1, 0.15) is 24.9 Å². The van der Waals surface area contributed by atoms with Crippen molar-refractivity contribution in [3.8, 4) is 0 Å². The number of carbonyl (C=O) groups is 1. The van der Waals surface area contributed by atoms with Crippen molar-refractivity contribution < 1.29 is 34.3 Å². The molecule has 1 aromatic rings. The summed E-state index contributed by atoms with van der Waals surface area (Å²) in [5.74, 6) is -2.29. The molecule has 0 bridgehead atoms. The van der Waals surface area contributed by atoms with Gasteiger partial charge in [0.2, 0.25) is 11.7 Å². The Balaban J connectivity index is 2.18. The zero-order valence-electron chi connectivity index (χ0n) is 13.6. The number of nitrogens with one attached hydrogen (secondary N) is 1. The molecule has 0 saturated carbocycles. The molecule has 1 aliphatic rings. The third kappa shape index (κ3) is 3.92. The number of benzene rings is 1. The topological polar surface area (TPSA) is 117 Å². The number of hydrogen-bond acceptors (Lipinski definition) is 7. The monoisotopic (exact) mass is 341 g/mol. The van der Waals surface area contributed by atoms with E-state index in [0.29, 0.717) is 0 Å². The smallest absolute Gasteiger partial charge is 0.223 e. The van der Waals surface area contributed by atoms with Crippen molar-refractivity contribution >= 4 is 5.91 Å². The third-order valence-corrected chi connectivity index (χ3v) is 3.90. The van der Waals surface area contributed by atoms with Crippen LogP contribution in [0, 0.1) is 0 Å². The van der Waals surface area contributed by atoms with E-state index in [0.717, 1.165) is 5.56 Å². The lowest BCUT2D eigenvalue weighted by Crippen LogP contribution is -2.70. The first-order valence-corrected chi connectivity index (χ1v) is 7.56. The Morgan fingerprint density at radius 3 is 2.54 bits per heavy atom. The number of amides is 1. The number of carbonyl (C=O) groups excluding carboxylic acids is 1. The lowest BCUT2D eigenvalue weighted by molar-refractivity contribution is -0.393. The Kier molecular flexibility index (Phi) is 6.27. The first-order valence-electron chi connectivity index (χ1n) is 7.56. The largest absolute Gasteiger partial charge is 0.391 e. The van der Waals surface area contributed by atoms with E-state index in [2.05, 4.69) is 5.32 Å². The molecule has 0 aliphatic carbocycles. The molecule has 1 aromatic carbocycles. The summed E-state index contributed by atoms with van der Waals surface area (Å²) in [7, 11) is 1.32. The predicted octanol–water partition coefficient (Wildman–Crippen LogP) is -0.879. The standard InChI is InChI=1S/C16H23NO7/c1-10(19)17-12-13(20)14(21)16(9-18,24-15(12)22-2)23-8-11-6-4-3-5-7-11/h3-7,12-15,18,20-21H,8-9H2,1-2H3,(H,17,19)/t12?,13-,14+,15-,16?/m0/s1. The van der Waals surface area contributed by atoms with Gasteiger partial charge in [-0.2, -0.15) is 0 Å². The summed E-state index contributed by atoms with van der Waals surface area (Å²) in [5.41, 5.74) is 0.800. The molecule has 24 heavy (non-hydrogen) atoms. The molecular weight excluding hydrogens is 318 g/mol. The number of aliphatic hydroxyl groups excluding tert-OH is 3. The van der Waals surface area contributed by atoms with Crippen LogP contribution in [0.15, 0.2) is 30.3 Å². The fourth-order valence-electron chi connectivity index (χ4n) is 2.62. The van der Waals surface area contributed by atoms with Crippen molar-refractivity contribution in [3.63, 3.8) is 0 Å². The van der Waals surface area contributed by atoms with Crippen molar-refractivity contribution in [2.24, 2.45) is 0 Å². The molecule has 5 atom stereocenters. The van der Waals surface area contributed by atoms with Gasteiger partial charge in [-0.1, -0.05) is 30.3 Å². The van der Waals surface area contributed by atoms with Crippen molar-refractivity contribution in [1.82, 2.24) is 5.32 Å². The summed E-state index contributed by atoms with van der Waals surface area (Å²) >= 11 is 0. The van der Waals surface area contributed by atoms with E-state index >= 15 is 0 Å². The molecule has 134 valence electrons. The van der Waals surface area contributed by atoms with Crippen LogP contribution >= 0.6 is 0 Å². The van der Waals surface area contributed by atoms with E-state index < -0.39 is 42.8 Å². The van der Waals surface area contributed by atoms with E-state index in [1.807, 2.05) is 30.3 Å². The molecule has 1 amide bonds. The summed E-state index contributed by atoms with van der Waals surface area (Å²) in [6.45, 7) is 0.614. The fourth-order valence-corrected chi connectivity index (χ4v) is 2.62. The quantitative estimate of drug-likeness (QED) is 0.531. The van der Waals surface area contributed by atoms with Crippen LogP contribution in [0.1, 0.15) is 12.5 Å². The first kappa shape index (κ1) is 18.8.